The number of carbonyl (C=O) groups excluding carboxylic acids is 1. The molecular weight excluding hydrogens is 975 g/mol. The van der Waals surface area contributed by atoms with Crippen LogP contribution in [0.1, 0.15) is 181 Å². The lowest BCUT2D eigenvalue weighted by molar-refractivity contribution is -0.379. The van der Waals surface area contributed by atoms with Gasteiger partial charge in [-0.1, -0.05) is 159 Å². The van der Waals surface area contributed by atoms with Gasteiger partial charge >= 0.3 is 0 Å². The monoisotopic (exact) mass is 1080 g/mol. The number of rotatable bonds is 41. The zero-order valence-electron chi connectivity index (χ0n) is 45.3. The van der Waals surface area contributed by atoms with Gasteiger partial charge in [0.15, 0.2) is 18.9 Å². The predicted molar refractivity (Wildman–Crippen MR) is 282 cm³/mol. The molecular formula is C56H101NO18. The first-order valence-corrected chi connectivity index (χ1v) is 28.7. The number of hydrogen-bond acceptors (Lipinski definition) is 18. The molecule has 3 rings (SSSR count). The fraction of sp³-hybridized carbons (Fsp3) is 0.875. The molecule has 3 fully saturated rings. The molecule has 17 atom stereocenters. The molecule has 19 nitrogen and oxygen atoms in total. The van der Waals surface area contributed by atoms with E-state index in [2.05, 4.69) is 43.5 Å². The highest BCUT2D eigenvalue weighted by molar-refractivity contribution is 5.76. The molecule has 0 bridgehead atoms. The molecule has 0 aromatic heterocycles. The Morgan fingerprint density at radius 3 is 1.36 bits per heavy atom. The van der Waals surface area contributed by atoms with Crippen molar-refractivity contribution >= 4 is 5.91 Å². The van der Waals surface area contributed by atoms with Gasteiger partial charge in [-0.2, -0.15) is 0 Å². The van der Waals surface area contributed by atoms with Crippen molar-refractivity contribution in [1.82, 2.24) is 5.32 Å². The highest BCUT2D eigenvalue weighted by atomic mass is 16.8. The molecule has 75 heavy (non-hydrogen) atoms. The molecule has 0 spiro atoms. The summed E-state index contributed by atoms with van der Waals surface area (Å²) in [6.45, 7) is 1.62. The molecule has 19 heteroatoms. The third-order valence-electron chi connectivity index (χ3n) is 14.4. The van der Waals surface area contributed by atoms with Crippen LogP contribution in [0.3, 0.4) is 0 Å². The van der Waals surface area contributed by atoms with Crippen LogP contribution >= 0.6 is 0 Å². The third kappa shape index (κ3) is 24.9. The van der Waals surface area contributed by atoms with E-state index in [4.69, 9.17) is 28.4 Å². The van der Waals surface area contributed by atoms with Gasteiger partial charge in [0.2, 0.25) is 5.91 Å². The Kier molecular flexibility index (Phi) is 36.1. The van der Waals surface area contributed by atoms with E-state index in [-0.39, 0.29) is 18.9 Å². The van der Waals surface area contributed by atoms with Crippen molar-refractivity contribution in [3.8, 4) is 0 Å². The minimum absolute atomic E-state index is 0.240. The Morgan fingerprint density at radius 2 is 0.880 bits per heavy atom. The average molecular weight is 1080 g/mol. The maximum Gasteiger partial charge on any atom is 0.220 e. The molecule has 1 amide bonds. The van der Waals surface area contributed by atoms with Gasteiger partial charge in [0.1, 0.15) is 73.2 Å². The summed E-state index contributed by atoms with van der Waals surface area (Å²) in [5.41, 5.74) is 0. The number of amides is 1. The first-order chi connectivity index (χ1) is 36.3. The minimum atomic E-state index is -1.98. The summed E-state index contributed by atoms with van der Waals surface area (Å²) in [4.78, 5) is 13.2. The van der Waals surface area contributed by atoms with Crippen LogP contribution in [0.5, 0.6) is 0 Å². The highest BCUT2D eigenvalue weighted by Crippen LogP contribution is 2.33. The normalized spacial score (nSPS) is 31.5. The average Bonchev–Trinajstić information content (AvgIpc) is 3.41. The molecule has 438 valence electrons. The van der Waals surface area contributed by atoms with Crippen LogP contribution < -0.4 is 5.32 Å². The summed E-state index contributed by atoms with van der Waals surface area (Å²) >= 11 is 0. The van der Waals surface area contributed by atoms with Crippen molar-refractivity contribution in [3.05, 3.63) is 36.5 Å². The van der Waals surface area contributed by atoms with Gasteiger partial charge in [-0.3, -0.25) is 4.79 Å². The first kappa shape index (κ1) is 67.3. The molecule has 17 unspecified atom stereocenters. The number of unbranched alkanes of at least 4 members (excludes halogenated alkanes) is 21. The fourth-order valence-electron chi connectivity index (χ4n) is 9.63. The van der Waals surface area contributed by atoms with Gasteiger partial charge < -0.3 is 89.9 Å². The van der Waals surface area contributed by atoms with Crippen molar-refractivity contribution in [2.45, 2.75) is 285 Å². The molecule has 3 heterocycles. The van der Waals surface area contributed by atoms with E-state index < -0.39 is 124 Å². The van der Waals surface area contributed by atoms with Crippen LogP contribution in [0.15, 0.2) is 36.5 Å². The van der Waals surface area contributed by atoms with Gasteiger partial charge in [-0.15, -0.1) is 0 Å². The molecule has 3 aliphatic heterocycles. The van der Waals surface area contributed by atoms with Gasteiger partial charge in [0, 0.05) is 6.42 Å². The zero-order chi connectivity index (χ0) is 54.8. The van der Waals surface area contributed by atoms with Gasteiger partial charge in [0.05, 0.1) is 38.6 Å². The minimum Gasteiger partial charge on any atom is -0.394 e. The number of aliphatic hydroxyl groups excluding tert-OH is 11. The van der Waals surface area contributed by atoms with E-state index in [9.17, 15) is 61.0 Å². The summed E-state index contributed by atoms with van der Waals surface area (Å²) in [5, 5.41) is 120. The van der Waals surface area contributed by atoms with Crippen molar-refractivity contribution in [2.75, 3.05) is 26.4 Å². The maximum absolute atomic E-state index is 13.2. The smallest absolute Gasteiger partial charge is 0.220 e. The standard InChI is InChI=1S/C56H101NO18/c1-3-5-7-9-11-12-13-14-15-16-17-18-19-20-21-22-23-24-25-26-28-30-32-34-44(62)57-39(40(61)33-31-29-27-10-8-6-4-2)38-70-54-50(68)47(65)52(42(36-59)72-54)75-56-51(69)48(66)53(43(37-60)73-56)74-55-49(67)46(64)45(63)41(35-58)71-55/h13-14,16-17,31,33,39-43,45-56,58-61,63-69H,3-12,15,18-30,32,34-38H2,1-2H3,(H,57,62)/b14-13-,17-16-,33-31+. The lowest BCUT2D eigenvalue weighted by atomic mass is 9.96. The lowest BCUT2D eigenvalue weighted by Gasteiger charge is -2.48. The van der Waals surface area contributed by atoms with E-state index in [1.165, 1.54) is 83.5 Å². The van der Waals surface area contributed by atoms with Gasteiger partial charge in [-0.25, -0.2) is 0 Å². The number of aliphatic hydroxyl groups is 11. The largest absolute Gasteiger partial charge is 0.394 e. The Morgan fingerprint density at radius 1 is 0.480 bits per heavy atom. The topological polar surface area (TPSA) is 307 Å². The predicted octanol–water partition coefficient (Wildman–Crippen LogP) is 4.15. The summed E-state index contributed by atoms with van der Waals surface area (Å²) in [6, 6.07) is -0.970. The Labute approximate surface area is 447 Å². The zero-order valence-corrected chi connectivity index (χ0v) is 45.3. The van der Waals surface area contributed by atoms with E-state index >= 15 is 0 Å². The van der Waals surface area contributed by atoms with Crippen LogP contribution in [-0.2, 0) is 33.2 Å². The fourth-order valence-corrected chi connectivity index (χ4v) is 9.63. The van der Waals surface area contributed by atoms with E-state index in [0.29, 0.717) is 6.42 Å². The van der Waals surface area contributed by atoms with Crippen LogP contribution in [0.25, 0.3) is 0 Å². The molecule has 0 aromatic rings. The van der Waals surface area contributed by atoms with Crippen molar-refractivity contribution in [1.29, 1.82) is 0 Å². The van der Waals surface area contributed by atoms with Crippen molar-refractivity contribution < 1.29 is 89.4 Å². The quantitative estimate of drug-likeness (QED) is 0.0302. The van der Waals surface area contributed by atoms with Crippen LogP contribution in [0, 0.1) is 0 Å². The van der Waals surface area contributed by atoms with Crippen molar-refractivity contribution in [3.63, 3.8) is 0 Å². The lowest BCUT2D eigenvalue weighted by Crippen LogP contribution is -2.66. The van der Waals surface area contributed by atoms with E-state index in [0.717, 1.165) is 70.6 Å². The van der Waals surface area contributed by atoms with Gasteiger partial charge in [-0.05, 0) is 51.4 Å². The van der Waals surface area contributed by atoms with Crippen molar-refractivity contribution in [2.24, 2.45) is 0 Å². The number of ether oxygens (including phenoxy) is 6. The third-order valence-corrected chi connectivity index (χ3v) is 14.4. The molecule has 0 aliphatic carbocycles. The van der Waals surface area contributed by atoms with E-state index in [1.807, 2.05) is 6.08 Å². The summed E-state index contributed by atoms with van der Waals surface area (Å²) in [7, 11) is 0. The highest BCUT2D eigenvalue weighted by Gasteiger charge is 2.53. The molecule has 12 N–H and O–H groups in total. The van der Waals surface area contributed by atoms with Crippen LogP contribution in [0.2, 0.25) is 0 Å². The second kappa shape index (κ2) is 40.2. The second-order valence-corrected chi connectivity index (χ2v) is 20.8. The van der Waals surface area contributed by atoms with Crippen LogP contribution in [0.4, 0.5) is 0 Å². The van der Waals surface area contributed by atoms with Gasteiger partial charge in [0.25, 0.3) is 0 Å². The molecule has 0 aromatic carbocycles. The molecule has 0 radical (unpaired) electrons. The Balaban J connectivity index is 1.43. The van der Waals surface area contributed by atoms with E-state index in [1.54, 1.807) is 6.08 Å². The maximum atomic E-state index is 13.2. The number of hydrogen-bond donors (Lipinski definition) is 12. The molecule has 3 saturated heterocycles. The Hall–Kier alpha value is -1.99. The summed E-state index contributed by atoms with van der Waals surface area (Å²) in [5.74, 6) is -0.284. The summed E-state index contributed by atoms with van der Waals surface area (Å²) in [6.07, 6.45) is 14.6. The molecule has 3 aliphatic rings. The Bertz CT molecular complexity index is 1520. The SMILES string of the molecule is CCCCCCC/C=C\C/C=C\CCCCCCCCCCCCCC(=O)NC(COC1OC(CO)C(OC2OC(CO)C(OC3OC(CO)C(O)C(O)C3O)C(O)C2O)C(O)C1O)C(O)/C=C/CCCCCCC. The van der Waals surface area contributed by atoms with Crippen LogP contribution in [-0.4, -0.2) is 193 Å². The number of nitrogens with one attached hydrogen (secondary N) is 1. The second-order valence-electron chi connectivity index (χ2n) is 20.8. The molecule has 0 saturated carbocycles. The number of allylic oxidation sites excluding steroid dienone is 5. The first-order valence-electron chi connectivity index (χ1n) is 28.7. The summed E-state index contributed by atoms with van der Waals surface area (Å²) < 4.78 is 34.1. The number of carbonyl (C=O) groups is 1.